The van der Waals surface area contributed by atoms with E-state index in [-0.39, 0.29) is 11.4 Å². The molecule has 1 aliphatic rings. The van der Waals surface area contributed by atoms with E-state index in [1.165, 1.54) is 12.1 Å². The van der Waals surface area contributed by atoms with Gasteiger partial charge in [0.2, 0.25) is 5.91 Å². The number of ether oxygens (including phenoxy) is 1. The summed E-state index contributed by atoms with van der Waals surface area (Å²) in [6.07, 6.45) is -0.538. The molecular weight excluding hydrogens is 319 g/mol. The quantitative estimate of drug-likeness (QED) is 0.458. The zero-order valence-corrected chi connectivity index (χ0v) is 12.4. The van der Waals surface area contributed by atoms with Gasteiger partial charge in [0.15, 0.2) is 0 Å². The molecule has 2 rings (SSSR count). The van der Waals surface area contributed by atoms with Crippen LogP contribution in [0, 0.1) is 10.1 Å². The lowest BCUT2D eigenvalue weighted by atomic mass is 10.2. The third kappa shape index (κ3) is 3.16. The van der Waals surface area contributed by atoms with Crippen LogP contribution in [0.4, 0.5) is 15.3 Å². The van der Waals surface area contributed by atoms with Gasteiger partial charge in [-0.05, 0) is 19.1 Å². The first-order valence-electron chi connectivity index (χ1n) is 6.39. The predicted octanol–water partition coefficient (Wildman–Crippen LogP) is 1.40. The molecule has 1 saturated heterocycles. The second kappa shape index (κ2) is 5.87. The molecule has 10 heteroatoms. The maximum absolute atomic E-state index is 13.0. The van der Waals surface area contributed by atoms with Gasteiger partial charge in [0.1, 0.15) is 16.7 Å². The van der Waals surface area contributed by atoms with Crippen molar-refractivity contribution < 1.29 is 26.8 Å². The molecule has 0 N–H and O–H groups in total. The molecule has 0 radical (unpaired) electrons. The number of nitro benzene ring substituents is 1. The summed E-state index contributed by atoms with van der Waals surface area (Å²) in [6, 6.07) is 3.86. The third-order valence-corrected chi connectivity index (χ3v) is 4.35. The fourth-order valence-corrected chi connectivity index (χ4v) is 2.90. The summed E-state index contributed by atoms with van der Waals surface area (Å²) >= 11 is 0. The average Bonchev–Trinajstić information content (AvgIpc) is 2.81. The number of hydrogen-bond acceptors (Lipinski definition) is 6. The number of rotatable bonds is 5. The van der Waals surface area contributed by atoms with Crippen LogP contribution in [0.25, 0.3) is 0 Å². The molecule has 8 nitrogen and oxygen atoms in total. The van der Waals surface area contributed by atoms with Crippen molar-refractivity contribution in [1.29, 1.82) is 0 Å². The number of carbonyl (C=O) groups is 1. The van der Waals surface area contributed by atoms with Crippen LogP contribution in [-0.4, -0.2) is 37.6 Å². The van der Waals surface area contributed by atoms with Crippen LogP contribution in [0.5, 0.6) is 5.75 Å². The third-order valence-electron chi connectivity index (χ3n) is 3.23. The van der Waals surface area contributed by atoms with Crippen LogP contribution < -0.4 is 9.64 Å². The molecule has 1 aliphatic heterocycles. The number of nitro groups is 1. The minimum Gasteiger partial charge on any atom is -0.494 e. The summed E-state index contributed by atoms with van der Waals surface area (Å²) in [5.41, 5.74) is -0.485. The minimum absolute atomic E-state index is 0.0791. The number of amides is 1. The van der Waals surface area contributed by atoms with E-state index in [9.17, 15) is 27.2 Å². The molecule has 0 bridgehead atoms. The Morgan fingerprint density at radius 3 is 2.68 bits per heavy atom. The van der Waals surface area contributed by atoms with Gasteiger partial charge in [0, 0.05) is 13.0 Å². The van der Waals surface area contributed by atoms with E-state index in [0.717, 1.165) is 11.0 Å². The minimum atomic E-state index is -4.88. The number of halogens is 1. The molecule has 0 aromatic heterocycles. The van der Waals surface area contributed by atoms with E-state index < -0.39 is 45.0 Å². The monoisotopic (exact) mass is 332 g/mol. The van der Waals surface area contributed by atoms with Crippen molar-refractivity contribution in [2.45, 2.75) is 18.6 Å². The number of anilines is 1. The summed E-state index contributed by atoms with van der Waals surface area (Å²) in [4.78, 5) is 23.2. The van der Waals surface area contributed by atoms with Crippen LogP contribution >= 0.6 is 0 Å². The van der Waals surface area contributed by atoms with Gasteiger partial charge in [-0.15, -0.1) is 3.89 Å². The highest BCUT2D eigenvalue weighted by Crippen LogP contribution is 2.35. The Kier molecular flexibility index (Phi) is 4.31. The van der Waals surface area contributed by atoms with Crippen molar-refractivity contribution in [3.8, 4) is 5.75 Å². The van der Waals surface area contributed by atoms with Crippen LogP contribution in [0.1, 0.15) is 13.3 Å². The molecule has 22 heavy (non-hydrogen) atoms. The Labute approximate surface area is 125 Å². The van der Waals surface area contributed by atoms with Crippen molar-refractivity contribution in [2.75, 3.05) is 18.1 Å². The zero-order chi connectivity index (χ0) is 16.5. The molecule has 1 unspecified atom stereocenters. The van der Waals surface area contributed by atoms with E-state index in [2.05, 4.69) is 0 Å². The summed E-state index contributed by atoms with van der Waals surface area (Å²) in [6.45, 7) is 1.56. The van der Waals surface area contributed by atoms with E-state index in [4.69, 9.17) is 4.74 Å². The molecule has 1 fully saturated rings. The van der Waals surface area contributed by atoms with Crippen LogP contribution in [0.3, 0.4) is 0 Å². The summed E-state index contributed by atoms with van der Waals surface area (Å²) in [5.74, 6) is -0.433. The number of benzene rings is 1. The van der Waals surface area contributed by atoms with Gasteiger partial charge in [-0.25, -0.2) is 0 Å². The van der Waals surface area contributed by atoms with E-state index in [0.29, 0.717) is 6.61 Å². The molecule has 0 aliphatic carbocycles. The summed E-state index contributed by atoms with van der Waals surface area (Å²) in [7, 11) is -4.88. The molecule has 1 aromatic rings. The van der Waals surface area contributed by atoms with Crippen molar-refractivity contribution in [2.24, 2.45) is 0 Å². The largest absolute Gasteiger partial charge is 0.494 e. The van der Waals surface area contributed by atoms with Gasteiger partial charge in [-0.2, -0.15) is 8.42 Å². The predicted molar refractivity (Wildman–Crippen MR) is 75.1 cm³/mol. The Morgan fingerprint density at radius 1 is 1.50 bits per heavy atom. The van der Waals surface area contributed by atoms with Crippen molar-refractivity contribution in [1.82, 2.24) is 0 Å². The first-order chi connectivity index (χ1) is 10.2. The highest BCUT2D eigenvalue weighted by molar-refractivity contribution is 7.87. The second-order valence-corrected chi connectivity index (χ2v) is 6.26. The number of carbonyl (C=O) groups excluding carboxylic acids is 1. The van der Waals surface area contributed by atoms with Crippen LogP contribution in [0.15, 0.2) is 18.2 Å². The topological polar surface area (TPSA) is 107 Å². The standard InChI is InChI=1S/C12H13FN2O6S/c1-2-21-8-3-4-10(11(5-8)15(17)18)14-7-9(6-12(14)16)22(13,19)20/h3-5,9H,2,6-7H2,1H3. The maximum atomic E-state index is 13.0. The number of nitrogens with zero attached hydrogens (tertiary/aromatic N) is 2. The SMILES string of the molecule is CCOc1ccc(N2CC(S(=O)(=O)F)CC2=O)c([N+](=O)[O-])c1. The van der Waals surface area contributed by atoms with Gasteiger partial charge in [-0.3, -0.25) is 14.9 Å². The van der Waals surface area contributed by atoms with Crippen LogP contribution in [-0.2, 0) is 15.0 Å². The molecule has 1 heterocycles. The molecular formula is C12H13FN2O6S. The lowest BCUT2D eigenvalue weighted by Crippen LogP contribution is -2.27. The summed E-state index contributed by atoms with van der Waals surface area (Å²) in [5, 5.41) is 9.63. The molecule has 1 aromatic carbocycles. The highest BCUT2D eigenvalue weighted by Gasteiger charge is 2.41. The van der Waals surface area contributed by atoms with Gasteiger partial charge >= 0.3 is 10.2 Å². The Hall–Kier alpha value is -2.23. The second-order valence-electron chi connectivity index (χ2n) is 4.65. The summed E-state index contributed by atoms with van der Waals surface area (Å²) < 4.78 is 40.0. The molecule has 0 spiro atoms. The molecule has 1 atom stereocenters. The van der Waals surface area contributed by atoms with Crippen LogP contribution in [0.2, 0.25) is 0 Å². The Morgan fingerprint density at radius 2 is 2.18 bits per heavy atom. The van der Waals surface area contributed by atoms with E-state index in [1.54, 1.807) is 6.92 Å². The van der Waals surface area contributed by atoms with Crippen molar-refractivity contribution in [3.63, 3.8) is 0 Å². The van der Waals surface area contributed by atoms with Gasteiger partial charge in [0.05, 0.1) is 17.6 Å². The van der Waals surface area contributed by atoms with Crippen molar-refractivity contribution >= 4 is 27.5 Å². The maximum Gasteiger partial charge on any atom is 0.307 e. The van der Waals surface area contributed by atoms with E-state index in [1.807, 2.05) is 0 Å². The first kappa shape index (κ1) is 16.1. The molecule has 1 amide bonds. The van der Waals surface area contributed by atoms with Gasteiger partial charge < -0.3 is 9.64 Å². The smallest absolute Gasteiger partial charge is 0.307 e. The Balaban J connectivity index is 2.40. The Bertz CT molecular complexity index is 720. The van der Waals surface area contributed by atoms with E-state index >= 15 is 0 Å². The number of hydrogen-bond donors (Lipinski definition) is 0. The zero-order valence-electron chi connectivity index (χ0n) is 11.6. The highest BCUT2D eigenvalue weighted by atomic mass is 32.3. The fraction of sp³-hybridized carbons (Fsp3) is 0.417. The lowest BCUT2D eigenvalue weighted by Gasteiger charge is -2.16. The van der Waals surface area contributed by atoms with Gasteiger partial charge in [0.25, 0.3) is 5.69 Å². The lowest BCUT2D eigenvalue weighted by molar-refractivity contribution is -0.384. The van der Waals surface area contributed by atoms with Gasteiger partial charge in [-0.1, -0.05) is 0 Å². The normalized spacial score (nSPS) is 18.5. The molecule has 120 valence electrons. The fourth-order valence-electron chi connectivity index (χ4n) is 2.23. The molecule has 0 saturated carbocycles. The van der Waals surface area contributed by atoms with Crippen molar-refractivity contribution in [3.05, 3.63) is 28.3 Å². The first-order valence-corrected chi connectivity index (χ1v) is 7.83. The average molecular weight is 332 g/mol.